The Kier molecular flexibility index (Phi) is 36.7. The second kappa shape index (κ2) is 45.4. The van der Waals surface area contributed by atoms with E-state index in [9.17, 15) is 45.9 Å². The van der Waals surface area contributed by atoms with Gasteiger partial charge in [-0.1, -0.05) is 110 Å². The summed E-state index contributed by atoms with van der Waals surface area (Å²) in [6, 6.07) is 29.2. The van der Waals surface area contributed by atoms with Crippen LogP contribution >= 0.6 is 0 Å². The van der Waals surface area contributed by atoms with Crippen molar-refractivity contribution in [2.75, 3.05) is 7.05 Å². The summed E-state index contributed by atoms with van der Waals surface area (Å²) >= 11 is 0. The van der Waals surface area contributed by atoms with Gasteiger partial charge >= 0.3 is 6.18 Å². The minimum Gasteiger partial charge on any atom is -0.487 e. The Morgan fingerprint density at radius 3 is 1.01 bits per heavy atom. The van der Waals surface area contributed by atoms with Gasteiger partial charge in [-0.25, -0.2) is 18.7 Å². The summed E-state index contributed by atoms with van der Waals surface area (Å²) in [5.41, 5.74) is 5.75. The maximum Gasteiger partial charge on any atom is 0.418 e. The van der Waals surface area contributed by atoms with Gasteiger partial charge in [0.15, 0.2) is 5.75 Å². The molecule has 30 heteroatoms. The quantitative estimate of drug-likeness (QED) is 0.0386. The van der Waals surface area contributed by atoms with Crippen LogP contribution < -0.4 is 45.0 Å². The second-order valence-corrected chi connectivity index (χ2v) is 34.7. The predicted octanol–water partition coefficient (Wildman–Crippen LogP) is 18.0. The first-order valence-corrected chi connectivity index (χ1v) is 40.0. The van der Waals surface area contributed by atoms with Gasteiger partial charge in [0, 0.05) is 105 Å². The summed E-state index contributed by atoms with van der Waals surface area (Å²) in [6.07, 6.45) is 13.9. The van der Waals surface area contributed by atoms with E-state index in [-0.39, 0.29) is 118 Å². The van der Waals surface area contributed by atoms with Crippen LogP contribution in [-0.4, -0.2) is 122 Å². The van der Waals surface area contributed by atoms with Crippen LogP contribution in [0.15, 0.2) is 190 Å². The van der Waals surface area contributed by atoms with Crippen molar-refractivity contribution >= 4 is 29.5 Å². The molecule has 25 nitrogen and oxygen atoms in total. The molecule has 5 atom stereocenters. The molecule has 0 bridgehead atoms. The number of halogens is 5. The Morgan fingerprint density at radius 1 is 0.358 bits per heavy atom. The molecule has 0 saturated carbocycles. The Labute approximate surface area is 718 Å². The van der Waals surface area contributed by atoms with Gasteiger partial charge in [0.2, 0.25) is 0 Å². The van der Waals surface area contributed by atoms with E-state index in [1.807, 2.05) is 80.5 Å². The molecule has 4 N–H and O–H groups in total. The van der Waals surface area contributed by atoms with Crippen LogP contribution in [-0.2, 0) is 39.2 Å². The minimum atomic E-state index is -4.48. The highest BCUT2D eigenvalue weighted by Crippen LogP contribution is 2.32. The van der Waals surface area contributed by atoms with Gasteiger partial charge in [0.05, 0.1) is 92.8 Å². The standard InChI is InChI=1S/C20H25FN2O2.C19H22F3N3O2.C19H25N3O2.C18H22FN3O2.C17H22N4O2/c1-14(20(2,3)4)23(5)19(24)15-9-10-17(22-12-15)13-25-18-8-6-7-16(21)11-18;1-12(18(2,3)4)25-17(26)13-5-6-15(24-8-13)11-27-16-7-14(9-23-10-16)19(20,21)22;1-13-10-17(8-9-20-13)24-12-16-7-6-15(11-21-16)18(23)22-14(2)19(3,4)5;1-12(18(2,3)4)22-17(23)13-5-6-15(21-8-13)11-24-16-7-14(19)9-20-10-16;1-12(17(2,3)4)21-16(22)13-5-6-14(20-7-13)10-23-15-8-18-11-19-9-15/h6-12,14H,13H2,1-5H3;5-10,12H,11H2,1-4H3,(H,25,26);6-11,14H,12H2,1-5H3,(H,22,23);5-10,12H,11H2,1-4H3,(H,22,23);5-9,11-12H,10H2,1-4H3,(H,21,22)/t14-;12-;14-;2*12-/m11111/s1. The van der Waals surface area contributed by atoms with Gasteiger partial charge in [-0.05, 0) is 154 Å². The molecule has 10 aromatic rings. The number of amides is 5. The molecule has 0 aliphatic carbocycles. The molecule has 123 heavy (non-hydrogen) atoms. The van der Waals surface area contributed by atoms with Crippen molar-refractivity contribution in [1.29, 1.82) is 0 Å². The molecule has 0 radical (unpaired) electrons. The number of ether oxygens (including phenoxy) is 5. The van der Waals surface area contributed by atoms with Crippen molar-refractivity contribution in [3.63, 3.8) is 0 Å². The molecule has 5 amide bonds. The number of nitrogens with zero attached hydrogens (tertiary/aromatic N) is 11. The van der Waals surface area contributed by atoms with Crippen LogP contribution in [0.25, 0.3) is 0 Å². The molecule has 10 rings (SSSR count). The third kappa shape index (κ3) is 34.9. The van der Waals surface area contributed by atoms with Crippen LogP contribution in [0.4, 0.5) is 22.0 Å². The lowest BCUT2D eigenvalue weighted by atomic mass is 9.87. The van der Waals surface area contributed by atoms with Crippen molar-refractivity contribution in [3.8, 4) is 28.7 Å². The lowest BCUT2D eigenvalue weighted by Crippen LogP contribution is -2.43. The summed E-state index contributed by atoms with van der Waals surface area (Å²) in [4.78, 5) is 103. The van der Waals surface area contributed by atoms with E-state index >= 15 is 0 Å². The number of hydrogen-bond donors (Lipinski definition) is 4. The largest absolute Gasteiger partial charge is 0.487 e. The SMILES string of the molecule is C[C@@H](N(C)C(=O)c1ccc(COc2cccc(F)c2)nc1)C(C)(C)C.C[C@@H](NC(=O)c1ccc(COc2cncc(C(F)(F)F)c2)nc1)C(C)(C)C.C[C@@H](NC(=O)c1ccc(COc2cncc(F)c2)nc1)C(C)(C)C.C[C@@H](NC(=O)c1ccc(COc2cncnc2)nc1)C(C)(C)C.Cc1cc(OCc2ccc(C(=O)N[C@H](C)C(C)(C)C)cn2)ccn1. The highest BCUT2D eigenvalue weighted by Gasteiger charge is 2.32. The Bertz CT molecular complexity index is 4860. The predicted molar refractivity (Wildman–Crippen MR) is 460 cm³/mol. The van der Waals surface area contributed by atoms with E-state index in [4.69, 9.17) is 23.7 Å². The fourth-order valence-electron chi connectivity index (χ4n) is 9.60. The van der Waals surface area contributed by atoms with Gasteiger partial charge in [0.25, 0.3) is 29.5 Å². The van der Waals surface area contributed by atoms with Crippen LogP contribution in [0.3, 0.4) is 0 Å². The fourth-order valence-corrected chi connectivity index (χ4v) is 9.60. The van der Waals surface area contributed by atoms with Gasteiger partial charge in [0.1, 0.15) is 74.0 Å². The number of hydrogen-bond acceptors (Lipinski definition) is 20. The van der Waals surface area contributed by atoms with Crippen molar-refractivity contribution in [2.24, 2.45) is 27.1 Å². The van der Waals surface area contributed by atoms with E-state index in [1.165, 1.54) is 49.3 Å². The minimum absolute atomic E-state index is 0.00340. The summed E-state index contributed by atoms with van der Waals surface area (Å²) < 4.78 is 91.6. The number of alkyl halides is 3. The summed E-state index contributed by atoms with van der Waals surface area (Å²) in [5.74, 6) is 0.610. The number of rotatable bonds is 25. The first kappa shape index (κ1) is 99.3. The van der Waals surface area contributed by atoms with Crippen LogP contribution in [0.2, 0.25) is 0 Å². The molecule has 0 fully saturated rings. The highest BCUT2D eigenvalue weighted by molar-refractivity contribution is 5.96. The van der Waals surface area contributed by atoms with E-state index in [1.54, 1.807) is 116 Å². The van der Waals surface area contributed by atoms with E-state index < -0.39 is 17.6 Å². The van der Waals surface area contributed by atoms with Crippen molar-refractivity contribution < 1.29 is 69.6 Å². The van der Waals surface area contributed by atoms with E-state index in [0.29, 0.717) is 75.4 Å². The first-order chi connectivity index (χ1) is 57.5. The number of aryl methyl sites for hydroxylation is 1. The molecule has 658 valence electrons. The molecule has 0 spiro atoms. The van der Waals surface area contributed by atoms with Crippen molar-refractivity contribution in [2.45, 2.75) is 215 Å². The van der Waals surface area contributed by atoms with Crippen molar-refractivity contribution in [3.05, 3.63) is 269 Å². The molecule has 9 aromatic heterocycles. The molecule has 0 saturated heterocycles. The number of carbonyl (C=O) groups excluding carboxylic acids is 5. The maximum absolute atomic E-state index is 13.1. The molecule has 1 aromatic carbocycles. The third-order valence-electron chi connectivity index (χ3n) is 20.0. The Balaban J connectivity index is 0.000000238. The molecule has 0 aliphatic rings. The Morgan fingerprint density at radius 2 is 0.683 bits per heavy atom. The lowest BCUT2D eigenvalue weighted by molar-refractivity contribution is -0.138. The summed E-state index contributed by atoms with van der Waals surface area (Å²) in [6.45, 7) is 44.0. The second-order valence-electron chi connectivity index (χ2n) is 34.7. The summed E-state index contributed by atoms with van der Waals surface area (Å²) in [5, 5.41) is 11.9. The smallest absolute Gasteiger partial charge is 0.418 e. The maximum atomic E-state index is 13.1. The molecule has 9 heterocycles. The monoisotopic (exact) mass is 1700 g/mol. The third-order valence-corrected chi connectivity index (χ3v) is 20.0. The molecule has 0 unspecified atom stereocenters. The Hall–Kier alpha value is -12.5. The summed E-state index contributed by atoms with van der Waals surface area (Å²) in [7, 11) is 1.80. The zero-order valence-corrected chi connectivity index (χ0v) is 74.2. The van der Waals surface area contributed by atoms with Gasteiger partial charge in [-0.15, -0.1) is 0 Å². The zero-order chi connectivity index (χ0) is 91.2. The number of carbonyl (C=O) groups is 5. The fraction of sp³-hybridized carbons (Fsp3) is 0.409. The molecular weight excluding hydrogens is 1580 g/mol. The van der Waals surface area contributed by atoms with Gasteiger partial charge < -0.3 is 49.9 Å². The first-order valence-electron chi connectivity index (χ1n) is 40.0. The zero-order valence-electron chi connectivity index (χ0n) is 74.2. The van der Waals surface area contributed by atoms with Crippen molar-refractivity contribution in [1.82, 2.24) is 76.0 Å². The van der Waals surface area contributed by atoms with Gasteiger partial charge in [-0.2, -0.15) is 13.2 Å². The number of pyridine rings is 8. The van der Waals surface area contributed by atoms with Gasteiger partial charge in [-0.3, -0.25) is 63.8 Å². The number of benzene rings is 1. The van der Waals surface area contributed by atoms with E-state index in [2.05, 4.69) is 154 Å². The normalized spacial score (nSPS) is 12.7. The highest BCUT2D eigenvalue weighted by atomic mass is 19.4. The molecule has 0 aliphatic heterocycles. The average molecular weight is 1700 g/mol. The van der Waals surface area contributed by atoms with Crippen LogP contribution in [0.1, 0.15) is 230 Å². The van der Waals surface area contributed by atoms with Crippen LogP contribution in [0.5, 0.6) is 28.7 Å². The topological polar surface area (TPSA) is 312 Å². The molecular formula is C93H116F5N15O10. The van der Waals surface area contributed by atoms with E-state index in [0.717, 1.165) is 41.3 Å². The number of aromatic nitrogens is 10. The van der Waals surface area contributed by atoms with Crippen LogP contribution in [0, 0.1) is 45.6 Å². The lowest BCUT2D eigenvalue weighted by Gasteiger charge is -2.35. The number of nitrogens with one attached hydrogen (secondary N) is 4. The average Bonchev–Trinajstić information content (AvgIpc) is 0.845.